The summed E-state index contributed by atoms with van der Waals surface area (Å²) in [6.07, 6.45) is 2.11. The van der Waals surface area contributed by atoms with E-state index in [1.54, 1.807) is 0 Å². The lowest BCUT2D eigenvalue weighted by atomic mass is 9.89. The Kier molecular flexibility index (Phi) is 5.36. The number of nitrogens with zero attached hydrogens (tertiary/aromatic N) is 3. The fourth-order valence-corrected chi connectivity index (χ4v) is 5.30. The van der Waals surface area contributed by atoms with Gasteiger partial charge in [0.1, 0.15) is 12.9 Å². The van der Waals surface area contributed by atoms with Crippen molar-refractivity contribution in [2.75, 3.05) is 0 Å². The van der Waals surface area contributed by atoms with Gasteiger partial charge in [-0.2, -0.15) is 0 Å². The van der Waals surface area contributed by atoms with E-state index in [1.165, 1.54) is 61.3 Å². The van der Waals surface area contributed by atoms with Gasteiger partial charge in [-0.05, 0) is 97.8 Å². The van der Waals surface area contributed by atoms with Crippen LogP contribution in [0.1, 0.15) is 27.8 Å². The highest BCUT2D eigenvalue weighted by molar-refractivity contribution is 5.88. The first-order valence-corrected chi connectivity index (χ1v) is 11.9. The Morgan fingerprint density at radius 1 is 0.765 bits per heavy atom. The van der Waals surface area contributed by atoms with E-state index in [2.05, 4.69) is 125 Å². The standard InChI is InChI=1S/C31H32N3/c1-19-15-22(4)30-28(16-19)34(7)31(32-30)26-18-24(29-20(2)11-10-12-21(29)3)17-25(23(26)5)27-13-8-9-14-33(27)6/h8-18H,1-7H3/q+1. The van der Waals surface area contributed by atoms with Gasteiger partial charge in [0.2, 0.25) is 5.69 Å². The summed E-state index contributed by atoms with van der Waals surface area (Å²) in [5.74, 6) is 1.01. The molecule has 0 unspecified atom stereocenters. The number of benzene rings is 3. The Labute approximate surface area is 202 Å². The van der Waals surface area contributed by atoms with Crippen LogP contribution in [0.2, 0.25) is 0 Å². The summed E-state index contributed by atoms with van der Waals surface area (Å²) in [5.41, 5.74) is 14.7. The number of fused-ring (bicyclic) bond motifs is 1. The lowest BCUT2D eigenvalue weighted by molar-refractivity contribution is -0.660. The SMILES string of the molecule is Cc1cc(C)c2nc(-c3cc(-c4c(C)cccc4C)cc(-c4cccc[n+]4C)c3C)n(C)c2c1. The second-order valence-electron chi connectivity index (χ2n) is 9.60. The molecule has 0 saturated heterocycles. The van der Waals surface area contributed by atoms with Crippen molar-refractivity contribution in [2.45, 2.75) is 34.6 Å². The molecule has 0 amide bonds. The molecule has 34 heavy (non-hydrogen) atoms. The van der Waals surface area contributed by atoms with E-state index < -0.39 is 0 Å². The largest absolute Gasteiger partial charge is 0.327 e. The highest BCUT2D eigenvalue weighted by atomic mass is 15.1. The van der Waals surface area contributed by atoms with Gasteiger partial charge in [-0.25, -0.2) is 9.55 Å². The zero-order chi connectivity index (χ0) is 24.1. The van der Waals surface area contributed by atoms with Crippen molar-refractivity contribution < 1.29 is 4.57 Å². The predicted octanol–water partition coefficient (Wildman–Crippen LogP) is 6.94. The maximum absolute atomic E-state index is 5.18. The minimum Gasteiger partial charge on any atom is -0.327 e. The van der Waals surface area contributed by atoms with Gasteiger partial charge < -0.3 is 4.57 Å². The number of hydrogen-bond acceptors (Lipinski definition) is 1. The van der Waals surface area contributed by atoms with Gasteiger partial charge in [-0.15, -0.1) is 0 Å². The summed E-state index contributed by atoms with van der Waals surface area (Å²) in [6.45, 7) is 10.9. The Morgan fingerprint density at radius 2 is 1.47 bits per heavy atom. The topological polar surface area (TPSA) is 21.7 Å². The second kappa shape index (κ2) is 8.25. The number of hydrogen-bond donors (Lipinski definition) is 0. The minimum absolute atomic E-state index is 1.01. The van der Waals surface area contributed by atoms with Crippen LogP contribution in [0.25, 0.3) is 44.8 Å². The monoisotopic (exact) mass is 446 g/mol. The van der Waals surface area contributed by atoms with E-state index >= 15 is 0 Å². The average Bonchev–Trinajstić information content (AvgIpc) is 3.11. The maximum Gasteiger partial charge on any atom is 0.212 e. The molecule has 5 aromatic rings. The van der Waals surface area contributed by atoms with Crippen molar-refractivity contribution in [3.05, 3.63) is 94.7 Å². The fraction of sp³-hybridized carbons (Fsp3) is 0.226. The van der Waals surface area contributed by atoms with E-state index in [-0.39, 0.29) is 0 Å². The number of aromatic nitrogens is 3. The molecular weight excluding hydrogens is 414 g/mol. The molecule has 3 nitrogen and oxygen atoms in total. The molecule has 5 rings (SSSR count). The van der Waals surface area contributed by atoms with Crippen LogP contribution in [0.4, 0.5) is 0 Å². The minimum atomic E-state index is 1.01. The number of aryl methyl sites for hydroxylation is 6. The average molecular weight is 447 g/mol. The van der Waals surface area contributed by atoms with E-state index in [0.29, 0.717) is 0 Å². The smallest absolute Gasteiger partial charge is 0.212 e. The molecule has 0 fully saturated rings. The van der Waals surface area contributed by atoms with Gasteiger partial charge in [0, 0.05) is 24.7 Å². The Morgan fingerprint density at radius 3 is 2.18 bits per heavy atom. The molecule has 0 bridgehead atoms. The molecule has 170 valence electrons. The third-order valence-corrected chi connectivity index (χ3v) is 7.07. The molecule has 0 aliphatic heterocycles. The summed E-state index contributed by atoms with van der Waals surface area (Å²) in [7, 11) is 4.25. The van der Waals surface area contributed by atoms with Crippen LogP contribution in [-0.2, 0) is 14.1 Å². The quantitative estimate of drug-likeness (QED) is 0.275. The number of pyridine rings is 1. The van der Waals surface area contributed by atoms with Crippen LogP contribution in [-0.4, -0.2) is 9.55 Å². The summed E-state index contributed by atoms with van der Waals surface area (Å²) in [4.78, 5) is 5.18. The van der Waals surface area contributed by atoms with Crippen molar-refractivity contribution in [1.29, 1.82) is 0 Å². The lowest BCUT2D eigenvalue weighted by Crippen LogP contribution is -2.30. The highest BCUT2D eigenvalue weighted by Gasteiger charge is 2.21. The van der Waals surface area contributed by atoms with E-state index in [9.17, 15) is 0 Å². The van der Waals surface area contributed by atoms with Gasteiger partial charge in [-0.1, -0.05) is 24.3 Å². The van der Waals surface area contributed by atoms with Crippen LogP contribution in [0.5, 0.6) is 0 Å². The zero-order valence-electron chi connectivity index (χ0n) is 21.2. The van der Waals surface area contributed by atoms with E-state index in [4.69, 9.17) is 4.98 Å². The third-order valence-electron chi connectivity index (χ3n) is 7.07. The number of imidazole rings is 1. The third kappa shape index (κ3) is 3.52. The highest BCUT2D eigenvalue weighted by Crippen LogP contribution is 2.38. The van der Waals surface area contributed by atoms with Crippen molar-refractivity contribution in [1.82, 2.24) is 9.55 Å². The van der Waals surface area contributed by atoms with Gasteiger partial charge in [0.25, 0.3) is 0 Å². The maximum atomic E-state index is 5.18. The first-order valence-electron chi connectivity index (χ1n) is 11.9. The molecule has 2 aromatic heterocycles. The zero-order valence-corrected chi connectivity index (χ0v) is 21.2. The summed E-state index contributed by atoms with van der Waals surface area (Å²) < 4.78 is 4.45. The van der Waals surface area contributed by atoms with Crippen molar-refractivity contribution in [3.63, 3.8) is 0 Å². The molecule has 0 aliphatic carbocycles. The molecule has 0 spiro atoms. The van der Waals surface area contributed by atoms with Crippen LogP contribution >= 0.6 is 0 Å². The summed E-state index contributed by atoms with van der Waals surface area (Å²) in [5, 5.41) is 0. The first-order chi connectivity index (χ1) is 16.3. The van der Waals surface area contributed by atoms with Crippen LogP contribution < -0.4 is 4.57 Å². The molecular formula is C31H32N3+. The van der Waals surface area contributed by atoms with Crippen molar-refractivity contribution in [3.8, 4) is 33.8 Å². The molecule has 0 radical (unpaired) electrons. The molecule has 3 aromatic carbocycles. The molecule has 0 aliphatic rings. The second-order valence-corrected chi connectivity index (χ2v) is 9.60. The van der Waals surface area contributed by atoms with Gasteiger partial charge >= 0.3 is 0 Å². The van der Waals surface area contributed by atoms with E-state index in [0.717, 1.165) is 11.3 Å². The predicted molar refractivity (Wildman–Crippen MR) is 142 cm³/mol. The van der Waals surface area contributed by atoms with E-state index in [1.807, 2.05) is 0 Å². The van der Waals surface area contributed by atoms with Gasteiger partial charge in [0.15, 0.2) is 6.20 Å². The normalized spacial score (nSPS) is 11.4. The Bertz CT molecular complexity index is 1550. The molecule has 3 heteroatoms. The van der Waals surface area contributed by atoms with Crippen LogP contribution in [0, 0.1) is 34.6 Å². The molecule has 0 saturated carbocycles. The van der Waals surface area contributed by atoms with Crippen molar-refractivity contribution in [2.24, 2.45) is 14.1 Å². The summed E-state index contributed by atoms with van der Waals surface area (Å²) >= 11 is 0. The Balaban J connectivity index is 1.88. The van der Waals surface area contributed by atoms with Gasteiger partial charge in [-0.3, -0.25) is 0 Å². The summed E-state index contributed by atoms with van der Waals surface area (Å²) in [6, 6.07) is 22.1. The lowest BCUT2D eigenvalue weighted by Gasteiger charge is -2.16. The molecule has 0 N–H and O–H groups in total. The van der Waals surface area contributed by atoms with Crippen LogP contribution in [0.15, 0.2) is 66.9 Å². The Hall–Kier alpha value is -3.72. The molecule has 0 atom stereocenters. The van der Waals surface area contributed by atoms with Gasteiger partial charge in [0.05, 0.1) is 16.6 Å². The molecule has 2 heterocycles. The van der Waals surface area contributed by atoms with Crippen molar-refractivity contribution >= 4 is 11.0 Å². The first kappa shape index (κ1) is 22.1. The fourth-order valence-electron chi connectivity index (χ4n) is 5.30. The van der Waals surface area contributed by atoms with Crippen LogP contribution in [0.3, 0.4) is 0 Å². The number of rotatable bonds is 3.